The van der Waals surface area contributed by atoms with Gasteiger partial charge >= 0.3 is 0 Å². The van der Waals surface area contributed by atoms with Gasteiger partial charge in [-0.15, -0.1) is 0 Å². The van der Waals surface area contributed by atoms with Crippen LogP contribution in [0.3, 0.4) is 0 Å². The van der Waals surface area contributed by atoms with Gasteiger partial charge in [-0.05, 0) is 67.7 Å². The van der Waals surface area contributed by atoms with E-state index in [4.69, 9.17) is 9.94 Å². The summed E-state index contributed by atoms with van der Waals surface area (Å²) in [4.78, 5) is 28.0. The van der Waals surface area contributed by atoms with Gasteiger partial charge in [0, 0.05) is 30.0 Å². The molecule has 0 unspecified atom stereocenters. The van der Waals surface area contributed by atoms with Crippen molar-refractivity contribution >= 4 is 29.7 Å². The fourth-order valence-electron chi connectivity index (χ4n) is 3.65. The van der Waals surface area contributed by atoms with E-state index in [0.29, 0.717) is 25.9 Å². The van der Waals surface area contributed by atoms with Crippen molar-refractivity contribution in [3.63, 3.8) is 0 Å². The molecule has 1 aliphatic heterocycles. The van der Waals surface area contributed by atoms with E-state index in [1.807, 2.05) is 36.4 Å². The highest BCUT2D eigenvalue weighted by molar-refractivity contribution is 7.99. The van der Waals surface area contributed by atoms with E-state index in [1.165, 1.54) is 5.56 Å². The van der Waals surface area contributed by atoms with E-state index in [1.54, 1.807) is 35.3 Å². The third-order valence-corrected chi connectivity index (χ3v) is 6.98. The standard InChI is InChI=1S/C24H28N2O4S/c1-16-17(2)21(31-22-7-5-4-6-20(22)30-3)10-8-18(16)9-11-23(27)26-14-12-19(13-15-26)24(28)25-29/h4-11,19,29H,12-15H2,1-3H3,(H,25,28)/b11-9+. The topological polar surface area (TPSA) is 78.9 Å². The van der Waals surface area contributed by atoms with Crippen molar-refractivity contribution in [2.75, 3.05) is 20.2 Å². The minimum atomic E-state index is -0.375. The van der Waals surface area contributed by atoms with Crippen LogP contribution in [0.2, 0.25) is 0 Å². The van der Waals surface area contributed by atoms with Crippen molar-refractivity contribution in [1.82, 2.24) is 10.4 Å². The maximum atomic E-state index is 12.6. The van der Waals surface area contributed by atoms with Crippen LogP contribution in [-0.4, -0.2) is 42.1 Å². The molecule has 0 spiro atoms. The van der Waals surface area contributed by atoms with Crippen molar-refractivity contribution in [3.05, 3.63) is 59.2 Å². The summed E-state index contributed by atoms with van der Waals surface area (Å²) in [6, 6.07) is 12.0. The number of nitrogens with one attached hydrogen (secondary N) is 1. The number of nitrogens with zero attached hydrogens (tertiary/aromatic N) is 1. The van der Waals surface area contributed by atoms with Crippen LogP contribution in [0.15, 0.2) is 52.3 Å². The Bertz CT molecular complexity index is 982. The van der Waals surface area contributed by atoms with Crippen LogP contribution in [0.25, 0.3) is 6.08 Å². The number of methoxy groups -OCH3 is 1. The Balaban J connectivity index is 1.67. The summed E-state index contributed by atoms with van der Waals surface area (Å²) >= 11 is 1.67. The molecule has 2 N–H and O–H groups in total. The smallest absolute Gasteiger partial charge is 0.246 e. The van der Waals surface area contributed by atoms with Gasteiger partial charge < -0.3 is 9.64 Å². The van der Waals surface area contributed by atoms with Gasteiger partial charge in [0.2, 0.25) is 11.8 Å². The number of benzene rings is 2. The Morgan fingerprint density at radius 3 is 2.48 bits per heavy atom. The Morgan fingerprint density at radius 2 is 1.81 bits per heavy atom. The highest BCUT2D eigenvalue weighted by atomic mass is 32.2. The van der Waals surface area contributed by atoms with Gasteiger partial charge in [0.25, 0.3) is 0 Å². The quantitative estimate of drug-likeness (QED) is 0.399. The van der Waals surface area contributed by atoms with Crippen molar-refractivity contribution in [1.29, 1.82) is 0 Å². The predicted octanol–water partition coefficient (Wildman–Crippen LogP) is 4.22. The zero-order valence-corrected chi connectivity index (χ0v) is 18.9. The molecule has 2 aromatic rings. The lowest BCUT2D eigenvalue weighted by molar-refractivity contribution is -0.137. The van der Waals surface area contributed by atoms with Gasteiger partial charge in [0.05, 0.1) is 12.0 Å². The number of piperidine rings is 1. The lowest BCUT2D eigenvalue weighted by atomic mass is 9.96. The van der Waals surface area contributed by atoms with E-state index in [2.05, 4.69) is 19.9 Å². The number of carbonyl (C=O) groups is 2. The van der Waals surface area contributed by atoms with Gasteiger partial charge in [0.15, 0.2) is 0 Å². The normalized spacial score (nSPS) is 14.6. The van der Waals surface area contributed by atoms with Gasteiger partial charge in [0.1, 0.15) is 5.75 Å². The second-order valence-corrected chi connectivity index (χ2v) is 8.65. The second-order valence-electron chi connectivity index (χ2n) is 7.56. The molecule has 2 amide bonds. The predicted molar refractivity (Wildman–Crippen MR) is 121 cm³/mol. The molecular weight excluding hydrogens is 412 g/mol. The van der Waals surface area contributed by atoms with Crippen LogP contribution >= 0.6 is 11.8 Å². The van der Waals surface area contributed by atoms with E-state index in [0.717, 1.165) is 26.7 Å². The van der Waals surface area contributed by atoms with Gasteiger partial charge in [-0.3, -0.25) is 14.8 Å². The largest absolute Gasteiger partial charge is 0.496 e. The molecule has 0 bridgehead atoms. The van der Waals surface area contributed by atoms with E-state index < -0.39 is 0 Å². The lowest BCUT2D eigenvalue weighted by Crippen LogP contribution is -2.41. The molecule has 1 fully saturated rings. The molecule has 7 heteroatoms. The van der Waals surface area contributed by atoms with Crippen LogP contribution in [0.1, 0.15) is 29.5 Å². The zero-order chi connectivity index (χ0) is 22.4. The molecule has 0 radical (unpaired) electrons. The molecule has 1 heterocycles. The fraction of sp³-hybridized carbons (Fsp3) is 0.333. The third kappa shape index (κ3) is 5.48. The monoisotopic (exact) mass is 440 g/mol. The van der Waals surface area contributed by atoms with Crippen molar-refractivity contribution < 1.29 is 19.5 Å². The van der Waals surface area contributed by atoms with Crippen LogP contribution in [0.5, 0.6) is 5.75 Å². The van der Waals surface area contributed by atoms with Gasteiger partial charge in [-0.2, -0.15) is 0 Å². The molecule has 0 aromatic heterocycles. The number of carbonyl (C=O) groups excluding carboxylic acids is 2. The third-order valence-electron chi connectivity index (χ3n) is 5.76. The first kappa shape index (κ1) is 22.9. The first-order valence-electron chi connectivity index (χ1n) is 10.3. The average Bonchev–Trinajstić information content (AvgIpc) is 2.81. The number of hydrogen-bond acceptors (Lipinski definition) is 5. The Morgan fingerprint density at radius 1 is 1.10 bits per heavy atom. The summed E-state index contributed by atoms with van der Waals surface area (Å²) in [5.41, 5.74) is 5.00. The van der Waals surface area contributed by atoms with Crippen LogP contribution < -0.4 is 10.2 Å². The van der Waals surface area contributed by atoms with E-state index >= 15 is 0 Å². The van der Waals surface area contributed by atoms with Crippen molar-refractivity contribution in [2.24, 2.45) is 5.92 Å². The molecule has 164 valence electrons. The second kappa shape index (κ2) is 10.5. The summed E-state index contributed by atoms with van der Waals surface area (Å²) in [6.45, 7) is 5.16. The average molecular weight is 441 g/mol. The van der Waals surface area contributed by atoms with Crippen LogP contribution in [0, 0.1) is 19.8 Å². The minimum Gasteiger partial charge on any atom is -0.496 e. The lowest BCUT2D eigenvalue weighted by Gasteiger charge is -2.30. The molecule has 0 aliphatic carbocycles. The Labute approximate surface area is 187 Å². The molecule has 0 atom stereocenters. The highest BCUT2D eigenvalue weighted by Crippen LogP contribution is 2.37. The summed E-state index contributed by atoms with van der Waals surface area (Å²) in [5, 5.41) is 8.75. The van der Waals surface area contributed by atoms with Crippen molar-refractivity contribution in [3.8, 4) is 5.75 Å². The number of hydroxylamine groups is 1. The maximum absolute atomic E-state index is 12.6. The number of amides is 2. The number of para-hydroxylation sites is 1. The first-order chi connectivity index (χ1) is 14.9. The molecule has 1 saturated heterocycles. The molecule has 1 aliphatic rings. The Hall–Kier alpha value is -2.77. The van der Waals surface area contributed by atoms with E-state index in [9.17, 15) is 9.59 Å². The van der Waals surface area contributed by atoms with E-state index in [-0.39, 0.29) is 17.7 Å². The van der Waals surface area contributed by atoms with Crippen molar-refractivity contribution in [2.45, 2.75) is 36.5 Å². The SMILES string of the molecule is COc1ccccc1Sc1ccc(/C=C/C(=O)N2CCC(C(=O)NO)CC2)c(C)c1C. The molecule has 0 saturated carbocycles. The molecular formula is C24H28N2O4S. The molecule has 2 aromatic carbocycles. The number of likely N-dealkylation sites (tertiary alicyclic amines) is 1. The summed E-state index contributed by atoms with van der Waals surface area (Å²) in [6.07, 6.45) is 4.56. The molecule has 3 rings (SSSR count). The van der Waals surface area contributed by atoms with Gasteiger partial charge in [-0.1, -0.05) is 30.0 Å². The highest BCUT2D eigenvalue weighted by Gasteiger charge is 2.26. The van der Waals surface area contributed by atoms with Gasteiger partial charge in [-0.25, -0.2) is 5.48 Å². The minimum absolute atomic E-state index is 0.0626. The summed E-state index contributed by atoms with van der Waals surface area (Å²) < 4.78 is 5.45. The number of hydrogen-bond donors (Lipinski definition) is 2. The molecule has 31 heavy (non-hydrogen) atoms. The molecule has 6 nitrogen and oxygen atoms in total. The van der Waals surface area contributed by atoms with Crippen LogP contribution in [-0.2, 0) is 9.59 Å². The Kier molecular flexibility index (Phi) is 7.76. The summed E-state index contributed by atoms with van der Waals surface area (Å²) in [7, 11) is 1.67. The first-order valence-corrected chi connectivity index (χ1v) is 11.1. The number of rotatable bonds is 6. The van der Waals surface area contributed by atoms with Crippen LogP contribution in [0.4, 0.5) is 0 Å². The number of ether oxygens (including phenoxy) is 1. The maximum Gasteiger partial charge on any atom is 0.246 e. The fourth-order valence-corrected chi connectivity index (χ4v) is 4.73. The summed E-state index contributed by atoms with van der Waals surface area (Å²) in [5.74, 6) is 0.169. The zero-order valence-electron chi connectivity index (χ0n) is 18.1.